The van der Waals surface area contributed by atoms with Crippen LogP contribution < -0.4 is 5.32 Å². The summed E-state index contributed by atoms with van der Waals surface area (Å²) in [6.07, 6.45) is 1.79. The van der Waals surface area contributed by atoms with Crippen LogP contribution in [0.2, 0.25) is 5.02 Å². The van der Waals surface area contributed by atoms with Gasteiger partial charge < -0.3 is 10.1 Å². The van der Waals surface area contributed by atoms with E-state index < -0.39 is 0 Å². The molecule has 0 aliphatic heterocycles. The van der Waals surface area contributed by atoms with Crippen molar-refractivity contribution in [3.8, 4) is 0 Å². The van der Waals surface area contributed by atoms with Gasteiger partial charge in [-0.05, 0) is 26.8 Å². The summed E-state index contributed by atoms with van der Waals surface area (Å²) in [6.45, 7) is 9.89. The Morgan fingerprint density at radius 2 is 2.11 bits per heavy atom. The number of hydrogen-bond acceptors (Lipinski definition) is 3. The first-order valence-corrected chi connectivity index (χ1v) is 6.94. The first kappa shape index (κ1) is 15.5. The Balaban J connectivity index is 3.09. The van der Waals surface area contributed by atoms with Crippen molar-refractivity contribution in [1.82, 2.24) is 15.1 Å². The molecule has 1 heterocycles. The topological polar surface area (TPSA) is 39.1 Å². The third kappa shape index (κ3) is 3.25. The molecule has 2 atom stereocenters. The molecule has 1 rings (SSSR count). The standard InChI is InChI=1S/C13H24ClN3O/c1-6-17-12(10(14)8-16-17)11(15-5)13(9(3)4)18-7-2/h8-9,11,13,15H,6-7H2,1-5H3. The molecule has 0 aromatic carbocycles. The van der Waals surface area contributed by atoms with Crippen molar-refractivity contribution in [2.24, 2.45) is 5.92 Å². The maximum atomic E-state index is 6.27. The van der Waals surface area contributed by atoms with Crippen molar-refractivity contribution in [1.29, 1.82) is 0 Å². The van der Waals surface area contributed by atoms with Gasteiger partial charge in [0, 0.05) is 13.2 Å². The van der Waals surface area contributed by atoms with Gasteiger partial charge in [0.2, 0.25) is 0 Å². The summed E-state index contributed by atoms with van der Waals surface area (Å²) in [4.78, 5) is 0. The minimum atomic E-state index is 0.0555. The second kappa shape index (κ2) is 7.12. The zero-order valence-corrected chi connectivity index (χ0v) is 12.7. The summed E-state index contributed by atoms with van der Waals surface area (Å²) < 4.78 is 7.80. The molecule has 18 heavy (non-hydrogen) atoms. The highest BCUT2D eigenvalue weighted by Gasteiger charge is 2.29. The van der Waals surface area contributed by atoms with Crippen LogP contribution in [0.3, 0.4) is 0 Å². The van der Waals surface area contributed by atoms with E-state index >= 15 is 0 Å². The van der Waals surface area contributed by atoms with Gasteiger partial charge in [0.1, 0.15) is 0 Å². The molecule has 1 aromatic rings. The number of nitrogens with zero attached hydrogens (tertiary/aromatic N) is 2. The predicted octanol–water partition coefficient (Wildman–Crippen LogP) is 2.88. The zero-order chi connectivity index (χ0) is 13.7. The monoisotopic (exact) mass is 273 g/mol. The quantitative estimate of drug-likeness (QED) is 0.830. The van der Waals surface area contributed by atoms with E-state index in [0.717, 1.165) is 12.2 Å². The molecular weight excluding hydrogens is 250 g/mol. The van der Waals surface area contributed by atoms with E-state index in [1.54, 1.807) is 6.20 Å². The number of likely N-dealkylation sites (N-methyl/N-ethyl adjacent to an activating group) is 1. The Morgan fingerprint density at radius 3 is 2.56 bits per heavy atom. The summed E-state index contributed by atoms with van der Waals surface area (Å²) in [5, 5.41) is 8.31. The maximum Gasteiger partial charge on any atom is 0.0835 e. The van der Waals surface area contributed by atoms with Crippen LogP contribution in [0, 0.1) is 5.92 Å². The van der Waals surface area contributed by atoms with Gasteiger partial charge in [-0.25, -0.2) is 0 Å². The van der Waals surface area contributed by atoms with E-state index in [0.29, 0.717) is 17.5 Å². The molecule has 0 saturated carbocycles. The van der Waals surface area contributed by atoms with Gasteiger partial charge in [0.15, 0.2) is 0 Å². The molecule has 4 nitrogen and oxygen atoms in total. The van der Waals surface area contributed by atoms with Crippen molar-refractivity contribution >= 4 is 11.6 Å². The normalized spacial score (nSPS) is 15.1. The Bertz CT molecular complexity index is 365. The fourth-order valence-corrected chi connectivity index (χ4v) is 2.51. The number of halogens is 1. The Kier molecular flexibility index (Phi) is 6.12. The number of nitrogens with one attached hydrogen (secondary N) is 1. The molecule has 0 radical (unpaired) electrons. The van der Waals surface area contributed by atoms with E-state index in [4.69, 9.17) is 16.3 Å². The van der Waals surface area contributed by atoms with Gasteiger partial charge in [-0.15, -0.1) is 0 Å². The third-order valence-corrected chi connectivity index (χ3v) is 3.37. The minimum Gasteiger partial charge on any atom is -0.376 e. The smallest absolute Gasteiger partial charge is 0.0835 e. The largest absolute Gasteiger partial charge is 0.376 e. The summed E-state index contributed by atoms with van der Waals surface area (Å²) >= 11 is 6.27. The minimum absolute atomic E-state index is 0.0555. The number of aromatic nitrogens is 2. The van der Waals surface area contributed by atoms with E-state index in [1.807, 2.05) is 18.7 Å². The van der Waals surface area contributed by atoms with E-state index in [-0.39, 0.29) is 12.1 Å². The highest BCUT2D eigenvalue weighted by atomic mass is 35.5. The lowest BCUT2D eigenvalue weighted by Gasteiger charge is -2.30. The van der Waals surface area contributed by atoms with Gasteiger partial charge in [0.25, 0.3) is 0 Å². The average molecular weight is 274 g/mol. The van der Waals surface area contributed by atoms with Crippen LogP contribution >= 0.6 is 11.6 Å². The average Bonchev–Trinajstić information content (AvgIpc) is 2.71. The Labute approximate surface area is 115 Å². The Hall–Kier alpha value is -0.580. The van der Waals surface area contributed by atoms with Gasteiger partial charge in [-0.3, -0.25) is 4.68 Å². The lowest BCUT2D eigenvalue weighted by atomic mass is 9.97. The first-order valence-electron chi connectivity index (χ1n) is 6.56. The van der Waals surface area contributed by atoms with Crippen LogP contribution in [-0.4, -0.2) is 29.5 Å². The summed E-state index contributed by atoms with van der Waals surface area (Å²) in [5.41, 5.74) is 1.01. The molecule has 1 N–H and O–H groups in total. The van der Waals surface area contributed by atoms with Crippen molar-refractivity contribution in [3.05, 3.63) is 16.9 Å². The predicted molar refractivity (Wildman–Crippen MR) is 75.0 cm³/mol. The van der Waals surface area contributed by atoms with Crippen LogP contribution in [0.5, 0.6) is 0 Å². The molecule has 0 aliphatic rings. The highest BCUT2D eigenvalue weighted by Crippen LogP contribution is 2.29. The van der Waals surface area contributed by atoms with Crippen molar-refractivity contribution in [3.63, 3.8) is 0 Å². The fourth-order valence-electron chi connectivity index (χ4n) is 2.26. The molecule has 2 unspecified atom stereocenters. The number of ether oxygens (including phenoxy) is 1. The van der Waals surface area contributed by atoms with Crippen LogP contribution in [0.1, 0.15) is 39.4 Å². The van der Waals surface area contributed by atoms with Crippen molar-refractivity contribution in [2.75, 3.05) is 13.7 Å². The SMILES string of the molecule is CCOC(C(C)C)C(NC)c1c(Cl)cnn1CC. The molecular formula is C13H24ClN3O. The van der Waals surface area contributed by atoms with E-state index in [1.165, 1.54) is 0 Å². The van der Waals surface area contributed by atoms with Gasteiger partial charge in [-0.2, -0.15) is 5.10 Å². The fraction of sp³-hybridized carbons (Fsp3) is 0.769. The lowest BCUT2D eigenvalue weighted by Crippen LogP contribution is -2.37. The van der Waals surface area contributed by atoms with Gasteiger partial charge in [-0.1, -0.05) is 25.4 Å². The first-order chi connectivity index (χ1) is 8.56. The molecule has 5 heteroatoms. The second-order valence-electron chi connectivity index (χ2n) is 4.62. The maximum absolute atomic E-state index is 6.27. The number of hydrogen-bond donors (Lipinski definition) is 1. The van der Waals surface area contributed by atoms with Crippen molar-refractivity contribution in [2.45, 2.75) is 46.4 Å². The molecule has 0 saturated heterocycles. The van der Waals surface area contributed by atoms with Gasteiger partial charge in [0.05, 0.1) is 29.1 Å². The van der Waals surface area contributed by atoms with Crippen LogP contribution in [0.15, 0.2) is 6.20 Å². The molecule has 0 bridgehead atoms. The van der Waals surface area contributed by atoms with Gasteiger partial charge >= 0.3 is 0 Å². The molecule has 0 fully saturated rings. The second-order valence-corrected chi connectivity index (χ2v) is 5.03. The molecule has 0 amide bonds. The third-order valence-electron chi connectivity index (χ3n) is 3.08. The van der Waals surface area contributed by atoms with E-state index in [9.17, 15) is 0 Å². The molecule has 0 aliphatic carbocycles. The lowest BCUT2D eigenvalue weighted by molar-refractivity contribution is 0.00261. The number of rotatable bonds is 7. The summed E-state index contributed by atoms with van der Waals surface area (Å²) in [5.74, 6) is 0.402. The van der Waals surface area contributed by atoms with Crippen LogP contribution in [0.25, 0.3) is 0 Å². The highest BCUT2D eigenvalue weighted by molar-refractivity contribution is 6.31. The van der Waals surface area contributed by atoms with Crippen LogP contribution in [0.4, 0.5) is 0 Å². The van der Waals surface area contributed by atoms with E-state index in [2.05, 4.69) is 31.2 Å². The zero-order valence-electron chi connectivity index (χ0n) is 11.9. The molecule has 104 valence electrons. The number of aryl methyl sites for hydroxylation is 1. The molecule has 0 spiro atoms. The summed E-state index contributed by atoms with van der Waals surface area (Å²) in [7, 11) is 1.93. The molecule has 1 aromatic heterocycles. The van der Waals surface area contributed by atoms with Crippen LogP contribution in [-0.2, 0) is 11.3 Å². The Morgan fingerprint density at radius 1 is 1.44 bits per heavy atom. The summed E-state index contributed by atoms with van der Waals surface area (Å²) in [6, 6.07) is 0.0555. The van der Waals surface area contributed by atoms with Crippen molar-refractivity contribution < 1.29 is 4.74 Å².